The van der Waals surface area contributed by atoms with Gasteiger partial charge in [-0.05, 0) is 24.6 Å². The van der Waals surface area contributed by atoms with Crippen molar-refractivity contribution in [2.75, 3.05) is 7.05 Å². The number of carbonyl (C=O) groups is 1. The summed E-state index contributed by atoms with van der Waals surface area (Å²) in [4.78, 5) is 18.7. The van der Waals surface area contributed by atoms with Crippen LogP contribution in [0.2, 0.25) is 0 Å². The molecule has 1 unspecified atom stereocenters. The van der Waals surface area contributed by atoms with Crippen molar-refractivity contribution in [1.82, 2.24) is 9.88 Å². The lowest BCUT2D eigenvalue weighted by molar-refractivity contribution is -0.131. The highest BCUT2D eigenvalue weighted by atomic mass is 16.3. The highest BCUT2D eigenvalue weighted by molar-refractivity contribution is 5.78. The molecule has 1 aromatic heterocycles. The van der Waals surface area contributed by atoms with Gasteiger partial charge in [0, 0.05) is 12.6 Å². The topological polar surface area (TPSA) is 46.3 Å². The van der Waals surface area contributed by atoms with Crippen LogP contribution in [-0.4, -0.2) is 22.8 Å². The Bertz CT molecular complexity index is 797. The first-order valence-corrected chi connectivity index (χ1v) is 7.95. The van der Waals surface area contributed by atoms with Crippen LogP contribution in [0.4, 0.5) is 0 Å². The molecule has 4 nitrogen and oxygen atoms in total. The minimum absolute atomic E-state index is 0.0131. The van der Waals surface area contributed by atoms with Crippen molar-refractivity contribution >= 4 is 5.91 Å². The largest absolute Gasteiger partial charge is 0.444 e. The summed E-state index contributed by atoms with van der Waals surface area (Å²) in [5, 5.41) is 0. The van der Waals surface area contributed by atoms with Crippen molar-refractivity contribution in [3.8, 4) is 11.5 Å². The van der Waals surface area contributed by atoms with Gasteiger partial charge in [-0.15, -0.1) is 0 Å². The zero-order valence-electron chi connectivity index (χ0n) is 13.8. The Labute approximate surface area is 141 Å². The Hall–Kier alpha value is -2.88. The molecule has 0 radical (unpaired) electrons. The second-order valence-corrected chi connectivity index (χ2v) is 5.78. The summed E-state index contributed by atoms with van der Waals surface area (Å²) in [6, 6.07) is 19.7. The van der Waals surface area contributed by atoms with Crippen LogP contribution >= 0.6 is 0 Å². The van der Waals surface area contributed by atoms with E-state index in [0.29, 0.717) is 11.6 Å². The summed E-state index contributed by atoms with van der Waals surface area (Å²) in [5.41, 5.74) is 2.66. The molecule has 0 spiro atoms. The van der Waals surface area contributed by atoms with E-state index in [2.05, 4.69) is 4.98 Å². The fraction of sp³-hybridized carbons (Fsp3) is 0.200. The minimum Gasteiger partial charge on any atom is -0.444 e. The Morgan fingerprint density at radius 2 is 1.71 bits per heavy atom. The van der Waals surface area contributed by atoms with E-state index in [9.17, 15) is 4.79 Å². The van der Waals surface area contributed by atoms with Crippen molar-refractivity contribution in [2.45, 2.75) is 19.4 Å². The summed E-state index contributed by atoms with van der Waals surface area (Å²) < 4.78 is 5.49. The molecular formula is C20H20N2O2. The van der Waals surface area contributed by atoms with Gasteiger partial charge in [-0.1, -0.05) is 48.5 Å². The van der Waals surface area contributed by atoms with Crippen molar-refractivity contribution in [3.05, 3.63) is 78.2 Å². The van der Waals surface area contributed by atoms with Gasteiger partial charge in [0.05, 0.1) is 18.2 Å². The van der Waals surface area contributed by atoms with Gasteiger partial charge in [-0.2, -0.15) is 0 Å². The predicted molar refractivity (Wildman–Crippen MR) is 93.3 cm³/mol. The van der Waals surface area contributed by atoms with Crippen LogP contribution in [0.5, 0.6) is 0 Å². The number of carbonyl (C=O) groups excluding carboxylic acids is 1. The number of aromatic nitrogens is 1. The summed E-state index contributed by atoms with van der Waals surface area (Å²) in [6.07, 6.45) is 1.78. The summed E-state index contributed by atoms with van der Waals surface area (Å²) in [5.74, 6) is 0.552. The molecule has 2 aromatic carbocycles. The Morgan fingerprint density at radius 1 is 1.08 bits per heavy atom. The Kier molecular flexibility index (Phi) is 4.75. The van der Waals surface area contributed by atoms with Gasteiger partial charge in [-0.3, -0.25) is 4.79 Å². The number of amides is 1. The van der Waals surface area contributed by atoms with E-state index in [0.717, 1.165) is 11.1 Å². The molecule has 0 N–H and O–H groups in total. The van der Waals surface area contributed by atoms with E-state index in [1.54, 1.807) is 11.2 Å². The first-order chi connectivity index (χ1) is 11.6. The van der Waals surface area contributed by atoms with Crippen LogP contribution in [0.3, 0.4) is 0 Å². The molecule has 0 aliphatic carbocycles. The van der Waals surface area contributed by atoms with Crippen molar-refractivity contribution in [1.29, 1.82) is 0 Å². The zero-order valence-corrected chi connectivity index (χ0v) is 13.8. The second-order valence-electron chi connectivity index (χ2n) is 5.78. The predicted octanol–water partition coefficient (Wildman–Crippen LogP) is 4.10. The second kappa shape index (κ2) is 7.13. The zero-order chi connectivity index (χ0) is 16.9. The van der Waals surface area contributed by atoms with Gasteiger partial charge in [0.25, 0.3) is 0 Å². The molecule has 0 fully saturated rings. The smallest absolute Gasteiger partial charge is 0.228 e. The summed E-state index contributed by atoms with van der Waals surface area (Å²) >= 11 is 0. The molecule has 24 heavy (non-hydrogen) atoms. The maximum Gasteiger partial charge on any atom is 0.228 e. The lowest BCUT2D eigenvalue weighted by Gasteiger charge is -2.25. The van der Waals surface area contributed by atoms with Gasteiger partial charge in [0.2, 0.25) is 11.8 Å². The van der Waals surface area contributed by atoms with Gasteiger partial charge >= 0.3 is 0 Å². The number of hydrogen-bond donors (Lipinski definition) is 0. The van der Waals surface area contributed by atoms with Gasteiger partial charge in [0.15, 0.2) is 0 Å². The molecule has 0 saturated carbocycles. The third kappa shape index (κ3) is 3.54. The molecule has 4 heteroatoms. The normalized spacial score (nSPS) is 11.9. The Morgan fingerprint density at radius 3 is 2.38 bits per heavy atom. The molecule has 3 rings (SSSR count). The SMILES string of the molecule is CC(c1ccccc1)N(C)C(=O)Cc1coc(-c2ccccc2)n1. The van der Waals surface area contributed by atoms with Gasteiger partial charge < -0.3 is 9.32 Å². The molecule has 0 aliphatic rings. The lowest BCUT2D eigenvalue weighted by atomic mass is 10.1. The van der Waals surface area contributed by atoms with Crippen molar-refractivity contribution in [2.24, 2.45) is 0 Å². The van der Waals surface area contributed by atoms with Crippen LogP contribution in [0.1, 0.15) is 24.2 Å². The fourth-order valence-corrected chi connectivity index (χ4v) is 2.55. The average Bonchev–Trinajstić information content (AvgIpc) is 3.10. The van der Waals surface area contributed by atoms with Crippen molar-refractivity contribution < 1.29 is 9.21 Å². The van der Waals surface area contributed by atoms with E-state index in [1.165, 1.54) is 0 Å². The van der Waals surface area contributed by atoms with Crippen molar-refractivity contribution in [3.63, 3.8) is 0 Å². The number of hydrogen-bond acceptors (Lipinski definition) is 3. The van der Waals surface area contributed by atoms with Crippen LogP contribution < -0.4 is 0 Å². The lowest BCUT2D eigenvalue weighted by Crippen LogP contribution is -2.31. The van der Waals surface area contributed by atoms with Crippen LogP contribution in [-0.2, 0) is 11.2 Å². The minimum atomic E-state index is 0.0131. The molecule has 3 aromatic rings. The average molecular weight is 320 g/mol. The fourth-order valence-electron chi connectivity index (χ4n) is 2.55. The first-order valence-electron chi connectivity index (χ1n) is 7.95. The maximum atomic E-state index is 12.5. The molecule has 0 aliphatic heterocycles. The number of benzene rings is 2. The molecule has 1 atom stereocenters. The molecule has 0 saturated heterocycles. The number of likely N-dealkylation sites (N-methyl/N-ethyl adjacent to an activating group) is 1. The highest BCUT2D eigenvalue weighted by Gasteiger charge is 2.19. The molecule has 1 amide bonds. The number of oxazole rings is 1. The third-order valence-corrected chi connectivity index (χ3v) is 4.16. The van der Waals surface area contributed by atoms with Crippen LogP contribution in [0, 0.1) is 0 Å². The molecule has 0 bridgehead atoms. The molecule has 1 heterocycles. The molecule has 122 valence electrons. The molecular weight excluding hydrogens is 300 g/mol. The van der Waals surface area contributed by atoms with Crippen LogP contribution in [0.15, 0.2) is 71.3 Å². The van der Waals surface area contributed by atoms with E-state index < -0.39 is 0 Å². The van der Waals surface area contributed by atoms with Crippen LogP contribution in [0.25, 0.3) is 11.5 Å². The summed E-state index contributed by atoms with van der Waals surface area (Å²) in [7, 11) is 1.82. The maximum absolute atomic E-state index is 12.5. The third-order valence-electron chi connectivity index (χ3n) is 4.16. The van der Waals surface area contributed by atoms with E-state index in [-0.39, 0.29) is 18.4 Å². The summed E-state index contributed by atoms with van der Waals surface area (Å²) in [6.45, 7) is 2.02. The monoisotopic (exact) mass is 320 g/mol. The van der Waals surface area contributed by atoms with E-state index in [1.807, 2.05) is 74.6 Å². The Balaban J connectivity index is 1.68. The quantitative estimate of drug-likeness (QED) is 0.711. The standard InChI is InChI=1S/C20H20N2O2/c1-15(16-9-5-3-6-10-16)22(2)19(23)13-18-14-24-20(21-18)17-11-7-4-8-12-17/h3-12,14-15H,13H2,1-2H3. The first kappa shape index (κ1) is 16.0. The number of nitrogens with zero attached hydrogens (tertiary/aromatic N) is 2. The van der Waals surface area contributed by atoms with E-state index >= 15 is 0 Å². The van der Waals surface area contributed by atoms with Gasteiger partial charge in [0.1, 0.15) is 6.26 Å². The van der Waals surface area contributed by atoms with E-state index in [4.69, 9.17) is 4.42 Å². The highest BCUT2D eigenvalue weighted by Crippen LogP contribution is 2.21. The van der Waals surface area contributed by atoms with Gasteiger partial charge in [-0.25, -0.2) is 4.98 Å². The number of rotatable bonds is 5.